The number of likely N-dealkylation sites (tertiary alicyclic amines) is 1. The molecule has 0 aromatic heterocycles. The minimum absolute atomic E-state index is 0.0434. The molecule has 1 aliphatic rings. The van der Waals surface area contributed by atoms with Crippen LogP contribution in [-0.4, -0.2) is 27.8 Å². The van der Waals surface area contributed by atoms with Crippen LogP contribution >= 0.6 is 0 Å². The summed E-state index contributed by atoms with van der Waals surface area (Å²) >= 11 is 0. The monoisotopic (exact) mass is 291 g/mol. The summed E-state index contributed by atoms with van der Waals surface area (Å²) < 4.78 is 0. The molecule has 2 N–H and O–H groups in total. The molecule has 1 amide bonds. The van der Waals surface area contributed by atoms with E-state index >= 15 is 0 Å². The van der Waals surface area contributed by atoms with Crippen molar-refractivity contribution in [3.63, 3.8) is 0 Å². The van der Waals surface area contributed by atoms with Crippen LogP contribution in [0, 0.1) is 10.1 Å². The number of nitro groups is 1. The zero-order valence-electron chi connectivity index (χ0n) is 12.4. The second-order valence-electron chi connectivity index (χ2n) is 5.74. The molecule has 1 aliphatic heterocycles. The van der Waals surface area contributed by atoms with Gasteiger partial charge in [-0.05, 0) is 32.3 Å². The molecule has 0 saturated carbocycles. The topological polar surface area (TPSA) is 89.5 Å². The van der Waals surface area contributed by atoms with E-state index < -0.39 is 4.92 Å². The molecule has 1 aromatic carbocycles. The van der Waals surface area contributed by atoms with Gasteiger partial charge in [-0.25, -0.2) is 0 Å². The number of carbonyl (C=O) groups excluding carboxylic acids is 1. The lowest BCUT2D eigenvalue weighted by molar-refractivity contribution is -0.384. The standard InChI is InChI=1S/C15H21N3O3/c1-10(2)17-14(19)5-3-4-13(16)15(17)11-6-8-12(9-7-11)18(20)21/h6-10,13,15H,3-5,16H2,1-2H3. The quantitative estimate of drug-likeness (QED) is 0.684. The minimum atomic E-state index is -0.428. The number of nitrogens with two attached hydrogens (primary N) is 1. The highest BCUT2D eigenvalue weighted by atomic mass is 16.6. The first-order chi connectivity index (χ1) is 9.91. The summed E-state index contributed by atoms with van der Waals surface area (Å²) in [6.45, 7) is 3.93. The van der Waals surface area contributed by atoms with Crippen LogP contribution in [0.5, 0.6) is 0 Å². The van der Waals surface area contributed by atoms with Crippen molar-refractivity contribution in [3.8, 4) is 0 Å². The minimum Gasteiger partial charge on any atom is -0.332 e. The van der Waals surface area contributed by atoms with Gasteiger partial charge in [0.25, 0.3) is 5.69 Å². The molecule has 1 saturated heterocycles. The van der Waals surface area contributed by atoms with Gasteiger partial charge in [0.15, 0.2) is 0 Å². The molecule has 6 heteroatoms. The Morgan fingerprint density at radius 1 is 1.33 bits per heavy atom. The smallest absolute Gasteiger partial charge is 0.269 e. The first-order valence-electron chi connectivity index (χ1n) is 7.23. The highest BCUT2D eigenvalue weighted by molar-refractivity contribution is 5.77. The van der Waals surface area contributed by atoms with Crippen LogP contribution in [-0.2, 0) is 4.79 Å². The number of hydrogen-bond acceptors (Lipinski definition) is 4. The fraction of sp³-hybridized carbons (Fsp3) is 0.533. The van der Waals surface area contributed by atoms with Crippen molar-refractivity contribution in [2.45, 2.75) is 51.2 Å². The normalized spacial score (nSPS) is 23.2. The average Bonchev–Trinajstić information content (AvgIpc) is 2.57. The van der Waals surface area contributed by atoms with Gasteiger partial charge in [0.2, 0.25) is 5.91 Å². The van der Waals surface area contributed by atoms with E-state index in [0.717, 1.165) is 18.4 Å². The number of benzene rings is 1. The molecule has 1 aromatic rings. The van der Waals surface area contributed by atoms with E-state index in [1.165, 1.54) is 12.1 Å². The van der Waals surface area contributed by atoms with Crippen LogP contribution in [0.1, 0.15) is 44.7 Å². The summed E-state index contributed by atoms with van der Waals surface area (Å²) in [6.07, 6.45) is 2.07. The van der Waals surface area contributed by atoms with Crippen molar-refractivity contribution in [1.29, 1.82) is 0 Å². The molecular formula is C15H21N3O3. The number of nitrogens with zero attached hydrogens (tertiary/aromatic N) is 2. The molecule has 21 heavy (non-hydrogen) atoms. The highest BCUT2D eigenvalue weighted by Gasteiger charge is 2.34. The zero-order valence-corrected chi connectivity index (χ0v) is 12.4. The van der Waals surface area contributed by atoms with E-state index in [9.17, 15) is 14.9 Å². The third-order valence-electron chi connectivity index (χ3n) is 3.92. The number of non-ortho nitro benzene ring substituents is 1. The van der Waals surface area contributed by atoms with Crippen molar-refractivity contribution >= 4 is 11.6 Å². The molecule has 114 valence electrons. The lowest BCUT2D eigenvalue weighted by atomic mass is 9.95. The number of hydrogen-bond donors (Lipinski definition) is 1. The maximum Gasteiger partial charge on any atom is 0.269 e. The Bertz CT molecular complexity index is 527. The van der Waals surface area contributed by atoms with Gasteiger partial charge in [-0.1, -0.05) is 12.1 Å². The fourth-order valence-corrected chi connectivity index (χ4v) is 2.95. The van der Waals surface area contributed by atoms with Crippen LogP contribution in [0.3, 0.4) is 0 Å². The Labute approximate surface area is 124 Å². The van der Waals surface area contributed by atoms with Crippen molar-refractivity contribution in [3.05, 3.63) is 39.9 Å². The van der Waals surface area contributed by atoms with Gasteiger partial charge in [0.1, 0.15) is 0 Å². The summed E-state index contributed by atoms with van der Waals surface area (Å²) in [5, 5.41) is 10.7. The average molecular weight is 291 g/mol. The largest absolute Gasteiger partial charge is 0.332 e. The van der Waals surface area contributed by atoms with Crippen LogP contribution in [0.25, 0.3) is 0 Å². The predicted octanol–water partition coefficient (Wildman–Crippen LogP) is 2.38. The fourth-order valence-electron chi connectivity index (χ4n) is 2.95. The van der Waals surface area contributed by atoms with Gasteiger partial charge in [0.05, 0.1) is 11.0 Å². The Morgan fingerprint density at radius 2 is 1.95 bits per heavy atom. The molecule has 0 spiro atoms. The molecule has 2 unspecified atom stereocenters. The predicted molar refractivity (Wildman–Crippen MR) is 79.6 cm³/mol. The first-order valence-corrected chi connectivity index (χ1v) is 7.23. The van der Waals surface area contributed by atoms with Gasteiger partial charge in [-0.2, -0.15) is 0 Å². The summed E-state index contributed by atoms with van der Waals surface area (Å²) in [4.78, 5) is 24.5. The number of rotatable bonds is 3. The first kappa shape index (κ1) is 15.4. The Morgan fingerprint density at radius 3 is 2.48 bits per heavy atom. The number of nitro benzene ring substituents is 1. The van der Waals surface area contributed by atoms with Gasteiger partial charge in [-0.3, -0.25) is 14.9 Å². The van der Waals surface area contributed by atoms with Gasteiger partial charge in [0, 0.05) is 30.6 Å². The second-order valence-corrected chi connectivity index (χ2v) is 5.74. The van der Waals surface area contributed by atoms with E-state index in [4.69, 9.17) is 5.73 Å². The van der Waals surface area contributed by atoms with Gasteiger partial charge in [-0.15, -0.1) is 0 Å². The molecule has 0 bridgehead atoms. The highest BCUT2D eigenvalue weighted by Crippen LogP contribution is 2.32. The van der Waals surface area contributed by atoms with E-state index in [-0.39, 0.29) is 29.7 Å². The van der Waals surface area contributed by atoms with Crippen LogP contribution in [0.4, 0.5) is 5.69 Å². The Kier molecular flexibility index (Phi) is 4.57. The maximum absolute atomic E-state index is 12.3. The Hall–Kier alpha value is -1.95. The molecule has 2 rings (SSSR count). The third kappa shape index (κ3) is 3.21. The second kappa shape index (κ2) is 6.22. The molecular weight excluding hydrogens is 270 g/mol. The summed E-state index contributed by atoms with van der Waals surface area (Å²) in [7, 11) is 0. The van der Waals surface area contributed by atoms with E-state index in [1.54, 1.807) is 12.1 Å². The van der Waals surface area contributed by atoms with E-state index in [0.29, 0.717) is 6.42 Å². The number of amides is 1. The molecule has 1 heterocycles. The maximum atomic E-state index is 12.3. The van der Waals surface area contributed by atoms with Crippen molar-refractivity contribution in [2.75, 3.05) is 0 Å². The lowest BCUT2D eigenvalue weighted by Gasteiger charge is -2.37. The van der Waals surface area contributed by atoms with E-state index in [2.05, 4.69) is 0 Å². The van der Waals surface area contributed by atoms with Gasteiger partial charge < -0.3 is 10.6 Å². The number of carbonyl (C=O) groups is 1. The third-order valence-corrected chi connectivity index (χ3v) is 3.92. The van der Waals surface area contributed by atoms with Crippen LogP contribution in [0.2, 0.25) is 0 Å². The summed E-state index contributed by atoms with van der Waals surface area (Å²) in [6, 6.07) is 6.02. The van der Waals surface area contributed by atoms with Gasteiger partial charge >= 0.3 is 0 Å². The van der Waals surface area contributed by atoms with Crippen molar-refractivity contribution in [2.24, 2.45) is 5.73 Å². The molecule has 6 nitrogen and oxygen atoms in total. The van der Waals surface area contributed by atoms with E-state index in [1.807, 2.05) is 18.7 Å². The SMILES string of the molecule is CC(C)N1C(=O)CCCC(N)C1c1ccc([N+](=O)[O-])cc1. The molecule has 0 radical (unpaired) electrons. The molecule has 0 aliphatic carbocycles. The van der Waals surface area contributed by atoms with Crippen LogP contribution < -0.4 is 5.73 Å². The lowest BCUT2D eigenvalue weighted by Crippen LogP contribution is -2.45. The molecule has 2 atom stereocenters. The Balaban J connectivity index is 2.39. The van der Waals surface area contributed by atoms with Crippen LogP contribution in [0.15, 0.2) is 24.3 Å². The summed E-state index contributed by atoms with van der Waals surface area (Å²) in [5.74, 6) is 0.0984. The van der Waals surface area contributed by atoms with Crippen molar-refractivity contribution < 1.29 is 9.72 Å². The molecule has 1 fully saturated rings. The summed E-state index contributed by atoms with van der Waals surface area (Å²) in [5.41, 5.74) is 7.17. The van der Waals surface area contributed by atoms with Crippen molar-refractivity contribution in [1.82, 2.24) is 4.90 Å². The zero-order chi connectivity index (χ0) is 15.6.